The third kappa shape index (κ3) is 5.61. The van der Waals surface area contributed by atoms with Crippen LogP contribution >= 0.6 is 15.9 Å². The van der Waals surface area contributed by atoms with Gasteiger partial charge in [-0.2, -0.15) is 10.2 Å². The van der Waals surface area contributed by atoms with Crippen molar-refractivity contribution in [3.63, 3.8) is 0 Å². The Kier molecular flexibility index (Phi) is 7.42. The Morgan fingerprint density at radius 3 is 2.44 bits per heavy atom. The van der Waals surface area contributed by atoms with Crippen molar-refractivity contribution in [3.05, 3.63) is 75.5 Å². The molecule has 9 heteroatoms. The summed E-state index contributed by atoms with van der Waals surface area (Å²) < 4.78 is 13.0. The van der Waals surface area contributed by atoms with Gasteiger partial charge in [0, 0.05) is 0 Å². The summed E-state index contributed by atoms with van der Waals surface area (Å²) in [5.41, 5.74) is 6.01. The van der Waals surface area contributed by atoms with E-state index < -0.39 is 5.97 Å². The molecule has 3 rings (SSSR count). The molecule has 32 heavy (non-hydrogen) atoms. The fourth-order valence-electron chi connectivity index (χ4n) is 2.89. The molecule has 8 nitrogen and oxygen atoms in total. The summed E-state index contributed by atoms with van der Waals surface area (Å²) in [6, 6.07) is 13.6. The second-order valence-electron chi connectivity index (χ2n) is 7.02. The maximum Gasteiger partial charge on any atom is 0.343 e. The molecule has 1 aromatic heterocycles. The molecule has 166 valence electrons. The van der Waals surface area contributed by atoms with Gasteiger partial charge in [-0.3, -0.25) is 9.48 Å². The molecule has 0 fully saturated rings. The quantitative estimate of drug-likeness (QED) is 0.229. The van der Waals surface area contributed by atoms with E-state index in [1.165, 1.54) is 7.11 Å². The molecule has 1 amide bonds. The summed E-state index contributed by atoms with van der Waals surface area (Å²) in [7, 11) is 1.54. The standard InChI is InChI=1S/C23H23BrN4O4/c1-14(25-26-21(29)13-28-16(3)22(24)15(2)27-28)17-8-10-19(11-9-17)32-23(30)18-6-5-7-20(12-18)31-4/h5-12H,13H2,1-4H3,(H,26,29)/b25-14+. The largest absolute Gasteiger partial charge is 0.497 e. The molecule has 0 aliphatic carbocycles. The number of nitrogens with zero attached hydrogens (tertiary/aromatic N) is 3. The van der Waals surface area contributed by atoms with Crippen LogP contribution < -0.4 is 14.9 Å². The average molecular weight is 499 g/mol. The highest BCUT2D eigenvalue weighted by atomic mass is 79.9. The number of ether oxygens (including phenoxy) is 2. The number of carbonyl (C=O) groups excluding carboxylic acids is 2. The number of esters is 1. The number of aryl methyl sites for hydroxylation is 1. The smallest absolute Gasteiger partial charge is 0.343 e. The van der Waals surface area contributed by atoms with Gasteiger partial charge in [0.25, 0.3) is 5.91 Å². The van der Waals surface area contributed by atoms with Gasteiger partial charge in [-0.05, 0) is 84.7 Å². The topological polar surface area (TPSA) is 94.8 Å². The van der Waals surface area contributed by atoms with Crippen LogP contribution in [0.5, 0.6) is 11.5 Å². The first-order valence-electron chi connectivity index (χ1n) is 9.77. The van der Waals surface area contributed by atoms with E-state index in [1.807, 2.05) is 13.8 Å². The van der Waals surface area contributed by atoms with Crippen molar-refractivity contribution < 1.29 is 19.1 Å². The highest BCUT2D eigenvalue weighted by Crippen LogP contribution is 2.20. The van der Waals surface area contributed by atoms with Gasteiger partial charge in [-0.15, -0.1) is 0 Å². The van der Waals surface area contributed by atoms with Crippen molar-refractivity contribution in [1.29, 1.82) is 0 Å². The molecule has 0 bridgehead atoms. The van der Waals surface area contributed by atoms with E-state index in [1.54, 1.807) is 60.1 Å². The lowest BCUT2D eigenvalue weighted by atomic mass is 10.1. The lowest BCUT2D eigenvalue weighted by Crippen LogP contribution is -2.25. The Labute approximate surface area is 194 Å². The average Bonchev–Trinajstić information content (AvgIpc) is 3.04. The third-order valence-corrected chi connectivity index (χ3v) is 5.87. The van der Waals surface area contributed by atoms with E-state index in [0.29, 0.717) is 22.8 Å². The predicted octanol–water partition coefficient (Wildman–Crippen LogP) is 4.03. The number of hydrazone groups is 1. The van der Waals surface area contributed by atoms with Crippen LogP contribution in [0.3, 0.4) is 0 Å². The molecule has 0 saturated heterocycles. The Morgan fingerprint density at radius 1 is 1.09 bits per heavy atom. The monoisotopic (exact) mass is 498 g/mol. The Balaban J connectivity index is 1.59. The number of benzene rings is 2. The summed E-state index contributed by atoms with van der Waals surface area (Å²) in [5.74, 6) is 0.207. The number of carbonyl (C=O) groups is 2. The minimum atomic E-state index is -0.481. The van der Waals surface area contributed by atoms with Gasteiger partial charge in [0.1, 0.15) is 18.0 Å². The second-order valence-corrected chi connectivity index (χ2v) is 7.81. The van der Waals surface area contributed by atoms with Crippen LogP contribution in [-0.4, -0.2) is 34.5 Å². The number of methoxy groups -OCH3 is 1. The van der Waals surface area contributed by atoms with Gasteiger partial charge >= 0.3 is 5.97 Å². The predicted molar refractivity (Wildman–Crippen MR) is 124 cm³/mol. The highest BCUT2D eigenvalue weighted by molar-refractivity contribution is 9.10. The molecule has 3 aromatic rings. The third-order valence-electron chi connectivity index (χ3n) is 4.72. The fraction of sp³-hybridized carbons (Fsp3) is 0.217. The zero-order chi connectivity index (χ0) is 23.3. The minimum Gasteiger partial charge on any atom is -0.497 e. The lowest BCUT2D eigenvalue weighted by molar-refractivity contribution is -0.121. The number of halogens is 1. The molecule has 0 radical (unpaired) electrons. The van der Waals surface area contributed by atoms with Crippen molar-refractivity contribution in [3.8, 4) is 11.5 Å². The van der Waals surface area contributed by atoms with Crippen molar-refractivity contribution in [2.24, 2.45) is 5.10 Å². The second kappa shape index (κ2) is 10.2. The van der Waals surface area contributed by atoms with Crippen molar-refractivity contribution in [2.45, 2.75) is 27.3 Å². The van der Waals surface area contributed by atoms with Crippen LogP contribution in [0.2, 0.25) is 0 Å². The number of hydrogen-bond donors (Lipinski definition) is 1. The number of rotatable bonds is 7. The molecular weight excluding hydrogens is 476 g/mol. The molecule has 0 atom stereocenters. The Hall–Kier alpha value is -3.46. The summed E-state index contributed by atoms with van der Waals surface area (Å²) >= 11 is 3.44. The molecule has 1 N–H and O–H groups in total. The maximum absolute atomic E-state index is 12.3. The summed E-state index contributed by atoms with van der Waals surface area (Å²) in [6.07, 6.45) is 0. The van der Waals surface area contributed by atoms with Crippen molar-refractivity contribution in [1.82, 2.24) is 15.2 Å². The zero-order valence-corrected chi connectivity index (χ0v) is 19.8. The molecule has 0 aliphatic heterocycles. The molecule has 1 heterocycles. The van der Waals surface area contributed by atoms with Gasteiger partial charge in [0.15, 0.2) is 0 Å². The highest BCUT2D eigenvalue weighted by Gasteiger charge is 2.12. The maximum atomic E-state index is 12.3. The van der Waals surface area contributed by atoms with E-state index in [0.717, 1.165) is 21.4 Å². The van der Waals surface area contributed by atoms with E-state index in [-0.39, 0.29) is 12.5 Å². The molecule has 0 unspecified atom stereocenters. The number of amides is 1. The molecule has 0 saturated carbocycles. The summed E-state index contributed by atoms with van der Waals surface area (Å²) in [5, 5.41) is 8.46. The van der Waals surface area contributed by atoms with Crippen LogP contribution in [0.25, 0.3) is 0 Å². The van der Waals surface area contributed by atoms with Crippen molar-refractivity contribution >= 4 is 33.5 Å². The van der Waals surface area contributed by atoms with E-state index in [2.05, 4.69) is 31.6 Å². The number of hydrogen-bond acceptors (Lipinski definition) is 6. The number of nitrogens with one attached hydrogen (secondary N) is 1. The fourth-order valence-corrected chi connectivity index (χ4v) is 3.18. The van der Waals surface area contributed by atoms with Gasteiger partial charge in [0.05, 0.1) is 34.2 Å². The van der Waals surface area contributed by atoms with Crippen molar-refractivity contribution in [2.75, 3.05) is 7.11 Å². The van der Waals surface area contributed by atoms with Crippen LogP contribution in [0, 0.1) is 13.8 Å². The van der Waals surface area contributed by atoms with Gasteiger partial charge in [-0.25, -0.2) is 10.2 Å². The molecule has 0 spiro atoms. The number of aromatic nitrogens is 2. The zero-order valence-electron chi connectivity index (χ0n) is 18.2. The summed E-state index contributed by atoms with van der Waals surface area (Å²) in [6.45, 7) is 5.59. The van der Waals surface area contributed by atoms with Crippen LogP contribution in [-0.2, 0) is 11.3 Å². The van der Waals surface area contributed by atoms with Gasteiger partial charge in [-0.1, -0.05) is 6.07 Å². The Bertz CT molecular complexity index is 1170. The van der Waals surface area contributed by atoms with E-state index in [4.69, 9.17) is 9.47 Å². The summed E-state index contributed by atoms with van der Waals surface area (Å²) in [4.78, 5) is 24.5. The van der Waals surface area contributed by atoms with Crippen LogP contribution in [0.1, 0.15) is 34.2 Å². The molecular formula is C23H23BrN4O4. The minimum absolute atomic E-state index is 0.0637. The molecule has 2 aromatic carbocycles. The first-order chi connectivity index (χ1) is 15.3. The van der Waals surface area contributed by atoms with Gasteiger partial charge in [0.2, 0.25) is 0 Å². The lowest BCUT2D eigenvalue weighted by Gasteiger charge is -2.07. The molecule has 0 aliphatic rings. The Morgan fingerprint density at radius 2 is 1.81 bits per heavy atom. The normalized spacial score (nSPS) is 11.2. The SMILES string of the molecule is COc1cccc(C(=O)Oc2ccc(/C(C)=N/NC(=O)Cn3nc(C)c(Br)c3C)cc2)c1. The first-order valence-corrected chi connectivity index (χ1v) is 10.6. The van der Waals surface area contributed by atoms with E-state index in [9.17, 15) is 9.59 Å². The van der Waals surface area contributed by atoms with Crippen LogP contribution in [0.4, 0.5) is 0 Å². The van der Waals surface area contributed by atoms with Gasteiger partial charge < -0.3 is 9.47 Å². The van der Waals surface area contributed by atoms with Crippen LogP contribution in [0.15, 0.2) is 58.1 Å². The van der Waals surface area contributed by atoms with E-state index >= 15 is 0 Å². The first kappa shape index (κ1) is 23.2.